The highest BCUT2D eigenvalue weighted by Crippen LogP contribution is 2.40. The Labute approximate surface area is 114 Å². The lowest BCUT2D eigenvalue weighted by Gasteiger charge is -2.33. The van der Waals surface area contributed by atoms with Gasteiger partial charge < -0.3 is 5.32 Å². The molecule has 1 N–H and O–H groups in total. The summed E-state index contributed by atoms with van der Waals surface area (Å²) in [5.41, 5.74) is 3.52. The molecule has 0 aliphatic heterocycles. The van der Waals surface area contributed by atoms with Crippen LogP contribution in [0.4, 0.5) is 0 Å². The minimum absolute atomic E-state index is 0.363. The van der Waals surface area contributed by atoms with Crippen LogP contribution in [-0.4, -0.2) is 12.6 Å². The van der Waals surface area contributed by atoms with Crippen LogP contribution < -0.4 is 5.32 Å². The van der Waals surface area contributed by atoms with Crippen molar-refractivity contribution in [2.75, 3.05) is 6.54 Å². The largest absolute Gasteiger partial charge is 0.311 e. The molecule has 18 heavy (non-hydrogen) atoms. The van der Waals surface area contributed by atoms with Crippen molar-refractivity contribution in [2.24, 2.45) is 5.41 Å². The molecule has 0 fully saturated rings. The van der Waals surface area contributed by atoms with Crippen LogP contribution >= 0.6 is 0 Å². The second-order valence-electron chi connectivity index (χ2n) is 6.39. The molecule has 104 valence electrons. The van der Waals surface area contributed by atoms with E-state index in [4.69, 9.17) is 0 Å². The lowest BCUT2D eigenvalue weighted by Crippen LogP contribution is -2.25. The SMILES string of the molecule is CCCCN[C@@H](C)/C=C/C1=C(C)CCCC1(C)C. The zero-order valence-electron chi connectivity index (χ0n) is 13.0. The molecule has 0 radical (unpaired) electrons. The molecule has 1 heteroatoms. The number of hydrogen-bond acceptors (Lipinski definition) is 1. The minimum Gasteiger partial charge on any atom is -0.311 e. The molecule has 0 aromatic heterocycles. The highest BCUT2D eigenvalue weighted by molar-refractivity contribution is 5.33. The first kappa shape index (κ1) is 15.5. The van der Waals surface area contributed by atoms with Gasteiger partial charge in [-0.1, -0.05) is 44.9 Å². The van der Waals surface area contributed by atoms with Gasteiger partial charge in [0, 0.05) is 6.04 Å². The molecule has 0 unspecified atom stereocenters. The summed E-state index contributed by atoms with van der Waals surface area (Å²) in [6.07, 6.45) is 11.2. The minimum atomic E-state index is 0.363. The topological polar surface area (TPSA) is 12.0 Å². The van der Waals surface area contributed by atoms with Crippen molar-refractivity contribution in [3.8, 4) is 0 Å². The van der Waals surface area contributed by atoms with Crippen molar-refractivity contribution in [1.29, 1.82) is 0 Å². The van der Waals surface area contributed by atoms with Crippen molar-refractivity contribution >= 4 is 0 Å². The van der Waals surface area contributed by atoms with Gasteiger partial charge in [0.1, 0.15) is 0 Å². The van der Waals surface area contributed by atoms with Crippen molar-refractivity contribution in [3.05, 3.63) is 23.3 Å². The molecule has 1 atom stereocenters. The Morgan fingerprint density at radius 2 is 2.11 bits per heavy atom. The molecule has 0 aromatic rings. The van der Waals surface area contributed by atoms with Gasteiger partial charge in [0.25, 0.3) is 0 Å². The van der Waals surface area contributed by atoms with Gasteiger partial charge in [-0.05, 0) is 57.1 Å². The van der Waals surface area contributed by atoms with Gasteiger partial charge in [0.15, 0.2) is 0 Å². The van der Waals surface area contributed by atoms with E-state index in [0.717, 1.165) is 6.54 Å². The van der Waals surface area contributed by atoms with Gasteiger partial charge in [-0.2, -0.15) is 0 Å². The van der Waals surface area contributed by atoms with E-state index in [1.54, 1.807) is 11.1 Å². The van der Waals surface area contributed by atoms with Gasteiger partial charge in [-0.15, -0.1) is 0 Å². The van der Waals surface area contributed by atoms with Crippen LogP contribution in [0.5, 0.6) is 0 Å². The van der Waals surface area contributed by atoms with E-state index in [1.165, 1.54) is 32.1 Å². The highest BCUT2D eigenvalue weighted by atomic mass is 14.9. The summed E-state index contributed by atoms with van der Waals surface area (Å²) < 4.78 is 0. The number of nitrogens with one attached hydrogen (secondary N) is 1. The predicted octanol–water partition coefficient (Wildman–Crippen LogP) is 4.85. The molecule has 0 aromatic carbocycles. The molecule has 0 bridgehead atoms. The monoisotopic (exact) mass is 249 g/mol. The Balaban J connectivity index is 2.59. The fourth-order valence-electron chi connectivity index (χ4n) is 2.83. The van der Waals surface area contributed by atoms with Crippen LogP contribution in [0.25, 0.3) is 0 Å². The van der Waals surface area contributed by atoms with Crippen LogP contribution in [0.1, 0.15) is 66.7 Å². The second kappa shape index (κ2) is 7.13. The summed E-state index contributed by atoms with van der Waals surface area (Å²) in [5.74, 6) is 0. The van der Waals surface area contributed by atoms with Crippen LogP contribution in [0.3, 0.4) is 0 Å². The van der Waals surface area contributed by atoms with Gasteiger partial charge in [-0.25, -0.2) is 0 Å². The number of allylic oxidation sites excluding steroid dienone is 3. The van der Waals surface area contributed by atoms with E-state index >= 15 is 0 Å². The number of rotatable bonds is 6. The summed E-state index contributed by atoms with van der Waals surface area (Å²) in [7, 11) is 0. The third-order valence-electron chi connectivity index (χ3n) is 4.09. The summed E-state index contributed by atoms with van der Waals surface area (Å²) in [5, 5.41) is 3.56. The Morgan fingerprint density at radius 1 is 1.39 bits per heavy atom. The van der Waals surface area contributed by atoms with Crippen LogP contribution in [-0.2, 0) is 0 Å². The molecule has 1 rings (SSSR count). The Hall–Kier alpha value is -0.560. The normalized spacial score (nSPS) is 21.6. The van der Waals surface area contributed by atoms with E-state index in [1.807, 2.05) is 0 Å². The van der Waals surface area contributed by atoms with Gasteiger partial charge in [0.2, 0.25) is 0 Å². The molecule has 1 nitrogen and oxygen atoms in total. The first-order valence-corrected chi connectivity index (χ1v) is 7.59. The summed E-state index contributed by atoms with van der Waals surface area (Å²) in [6.45, 7) is 12.7. The molecule has 0 spiro atoms. The Kier molecular flexibility index (Phi) is 6.14. The summed E-state index contributed by atoms with van der Waals surface area (Å²) in [4.78, 5) is 0. The first-order chi connectivity index (χ1) is 8.47. The fourth-order valence-corrected chi connectivity index (χ4v) is 2.83. The molecular formula is C17H31N. The molecule has 1 aliphatic carbocycles. The molecule has 1 aliphatic rings. The zero-order chi connectivity index (χ0) is 13.6. The third-order valence-corrected chi connectivity index (χ3v) is 4.09. The van der Waals surface area contributed by atoms with E-state index < -0.39 is 0 Å². The van der Waals surface area contributed by atoms with Crippen LogP contribution in [0, 0.1) is 5.41 Å². The molecule has 0 saturated carbocycles. The third kappa shape index (κ3) is 4.61. The number of unbranched alkanes of at least 4 members (excludes halogenated alkanes) is 1. The highest BCUT2D eigenvalue weighted by Gasteiger charge is 2.26. The summed E-state index contributed by atoms with van der Waals surface area (Å²) in [6, 6.07) is 0.481. The maximum absolute atomic E-state index is 3.56. The fraction of sp³-hybridized carbons (Fsp3) is 0.765. The standard InChI is InChI=1S/C17H31N/c1-6-7-13-18-15(3)10-11-16-14(2)9-8-12-17(16,4)5/h10-11,15,18H,6-9,12-13H2,1-5H3/b11-10+/t15-/m0/s1. The molecule has 0 amide bonds. The average molecular weight is 249 g/mol. The molecule has 0 heterocycles. The predicted molar refractivity (Wildman–Crippen MR) is 81.8 cm³/mol. The Bertz CT molecular complexity index is 310. The van der Waals surface area contributed by atoms with Crippen LogP contribution in [0.15, 0.2) is 23.3 Å². The maximum Gasteiger partial charge on any atom is 0.0224 e. The van der Waals surface area contributed by atoms with E-state index in [0.29, 0.717) is 11.5 Å². The zero-order valence-corrected chi connectivity index (χ0v) is 13.0. The van der Waals surface area contributed by atoms with Gasteiger partial charge >= 0.3 is 0 Å². The van der Waals surface area contributed by atoms with Crippen molar-refractivity contribution < 1.29 is 0 Å². The second-order valence-corrected chi connectivity index (χ2v) is 6.39. The summed E-state index contributed by atoms with van der Waals surface area (Å²) >= 11 is 0. The first-order valence-electron chi connectivity index (χ1n) is 7.59. The van der Waals surface area contributed by atoms with E-state index in [-0.39, 0.29) is 0 Å². The van der Waals surface area contributed by atoms with Gasteiger partial charge in [-0.3, -0.25) is 0 Å². The smallest absolute Gasteiger partial charge is 0.0224 e. The van der Waals surface area contributed by atoms with E-state index in [2.05, 4.69) is 52.1 Å². The van der Waals surface area contributed by atoms with E-state index in [9.17, 15) is 0 Å². The Morgan fingerprint density at radius 3 is 2.72 bits per heavy atom. The quantitative estimate of drug-likeness (QED) is 0.664. The number of hydrogen-bond donors (Lipinski definition) is 1. The lowest BCUT2D eigenvalue weighted by atomic mass is 9.72. The van der Waals surface area contributed by atoms with Crippen LogP contribution in [0.2, 0.25) is 0 Å². The van der Waals surface area contributed by atoms with Crippen molar-refractivity contribution in [1.82, 2.24) is 5.32 Å². The lowest BCUT2D eigenvalue weighted by molar-refractivity contribution is 0.376. The maximum atomic E-state index is 3.56. The van der Waals surface area contributed by atoms with Crippen molar-refractivity contribution in [2.45, 2.75) is 72.8 Å². The average Bonchev–Trinajstić information content (AvgIpc) is 2.28. The van der Waals surface area contributed by atoms with Gasteiger partial charge in [0.05, 0.1) is 0 Å². The molecular weight excluding hydrogens is 218 g/mol. The molecule has 0 saturated heterocycles. The van der Waals surface area contributed by atoms with Crippen molar-refractivity contribution in [3.63, 3.8) is 0 Å².